The average Bonchev–Trinajstić information content (AvgIpc) is 2.26. The molecule has 2 heterocycles. The summed E-state index contributed by atoms with van der Waals surface area (Å²) in [6.45, 7) is 10.8. The van der Waals surface area contributed by atoms with E-state index in [0.29, 0.717) is 0 Å². The molecule has 2 aliphatic heterocycles. The van der Waals surface area contributed by atoms with E-state index < -0.39 is 0 Å². The monoisotopic (exact) mass is 238 g/mol. The lowest BCUT2D eigenvalue weighted by Gasteiger charge is -2.49. The molecule has 0 unspecified atom stereocenters. The van der Waals surface area contributed by atoms with E-state index in [1.807, 2.05) is 0 Å². The Hall–Kier alpha value is -0.540. The van der Waals surface area contributed by atoms with Crippen molar-refractivity contribution in [3.05, 3.63) is 11.8 Å². The first-order chi connectivity index (χ1) is 7.83. The van der Waals surface area contributed by atoms with Crippen LogP contribution in [0.1, 0.15) is 53.4 Å². The maximum absolute atomic E-state index is 10.3. The van der Waals surface area contributed by atoms with Gasteiger partial charge >= 0.3 is 0 Å². The van der Waals surface area contributed by atoms with Crippen LogP contribution in [0.5, 0.6) is 0 Å². The van der Waals surface area contributed by atoms with Crippen LogP contribution in [0.25, 0.3) is 0 Å². The predicted octanol–water partition coefficient (Wildman–Crippen LogP) is 3.01. The maximum atomic E-state index is 10.3. The fourth-order valence-electron chi connectivity index (χ4n) is 3.20. The van der Waals surface area contributed by atoms with E-state index in [1.54, 1.807) is 0 Å². The van der Waals surface area contributed by atoms with Crippen LogP contribution in [0.3, 0.4) is 0 Å². The smallest absolute Gasteiger partial charge is 0.0609 e. The Labute approximate surface area is 105 Å². The first kappa shape index (κ1) is 12.9. The van der Waals surface area contributed by atoms with Crippen molar-refractivity contribution in [3.8, 4) is 0 Å². The van der Waals surface area contributed by atoms with Crippen LogP contribution in [-0.4, -0.2) is 39.3 Å². The molecule has 1 saturated heterocycles. The number of hydroxylamine groups is 2. The highest BCUT2D eigenvalue weighted by Crippen LogP contribution is 2.37. The van der Waals surface area contributed by atoms with Gasteiger partial charge in [0.1, 0.15) is 0 Å². The van der Waals surface area contributed by atoms with E-state index in [0.717, 1.165) is 6.42 Å². The van der Waals surface area contributed by atoms with Gasteiger partial charge in [-0.3, -0.25) is 0 Å². The maximum Gasteiger partial charge on any atom is 0.0609 e. The largest absolute Gasteiger partial charge is 0.375 e. The molecule has 0 amide bonds. The number of hydrogen-bond acceptors (Lipinski definition) is 3. The van der Waals surface area contributed by atoms with Gasteiger partial charge in [-0.1, -0.05) is 0 Å². The molecule has 0 radical (unpaired) electrons. The lowest BCUT2D eigenvalue weighted by molar-refractivity contribution is -0.216. The molecule has 0 bridgehead atoms. The molecule has 1 N–H and O–H groups in total. The quantitative estimate of drug-likeness (QED) is 0.760. The summed E-state index contributed by atoms with van der Waals surface area (Å²) >= 11 is 0. The number of hydrogen-bond donors (Lipinski definition) is 1. The van der Waals surface area contributed by atoms with Crippen LogP contribution >= 0.6 is 0 Å². The molecule has 1 fully saturated rings. The zero-order chi connectivity index (χ0) is 12.7. The Morgan fingerprint density at radius 1 is 1.06 bits per heavy atom. The lowest BCUT2D eigenvalue weighted by Crippen LogP contribution is -2.57. The van der Waals surface area contributed by atoms with Gasteiger partial charge in [0.05, 0.1) is 5.54 Å². The highest BCUT2D eigenvalue weighted by atomic mass is 16.5. The van der Waals surface area contributed by atoms with E-state index in [9.17, 15) is 5.21 Å². The summed E-state index contributed by atoms with van der Waals surface area (Å²) in [5.41, 5.74) is 0.976. The van der Waals surface area contributed by atoms with E-state index in [1.165, 1.54) is 43.1 Å². The fraction of sp³-hybridized carbons (Fsp3) is 0.857. The Morgan fingerprint density at radius 2 is 1.65 bits per heavy atom. The van der Waals surface area contributed by atoms with Gasteiger partial charge in [-0.05, 0) is 53.0 Å². The molecule has 0 saturated carbocycles. The summed E-state index contributed by atoms with van der Waals surface area (Å²) in [4.78, 5) is 2.51. The van der Waals surface area contributed by atoms with Crippen molar-refractivity contribution in [2.75, 3.05) is 13.1 Å². The summed E-state index contributed by atoms with van der Waals surface area (Å²) in [5.74, 6) is 0. The molecule has 0 aromatic heterocycles. The summed E-state index contributed by atoms with van der Waals surface area (Å²) in [5, 5.41) is 11.8. The van der Waals surface area contributed by atoms with Gasteiger partial charge in [-0.15, -0.1) is 0 Å². The van der Waals surface area contributed by atoms with Crippen LogP contribution in [0.4, 0.5) is 0 Å². The minimum Gasteiger partial charge on any atom is -0.375 e. The Bertz CT molecular complexity index is 314. The summed E-state index contributed by atoms with van der Waals surface area (Å²) in [6.07, 6.45) is 7.15. The third-order valence-corrected chi connectivity index (χ3v) is 4.02. The molecule has 2 rings (SSSR count). The highest BCUT2D eigenvalue weighted by molar-refractivity contribution is 5.19. The summed E-state index contributed by atoms with van der Waals surface area (Å²) < 4.78 is 0. The summed E-state index contributed by atoms with van der Waals surface area (Å²) in [7, 11) is 0. The van der Waals surface area contributed by atoms with Crippen LogP contribution in [-0.2, 0) is 0 Å². The van der Waals surface area contributed by atoms with Crippen LogP contribution in [0, 0.1) is 0 Å². The normalized spacial score (nSPS) is 29.0. The van der Waals surface area contributed by atoms with Gasteiger partial charge < -0.3 is 10.1 Å². The molecule has 3 nitrogen and oxygen atoms in total. The van der Waals surface area contributed by atoms with Crippen molar-refractivity contribution in [1.29, 1.82) is 0 Å². The number of piperidine rings is 1. The first-order valence-corrected chi connectivity index (χ1v) is 6.79. The van der Waals surface area contributed by atoms with E-state index in [2.05, 4.69) is 38.7 Å². The molecular formula is C14H26N2O. The molecule has 3 heteroatoms. The van der Waals surface area contributed by atoms with Crippen LogP contribution < -0.4 is 0 Å². The van der Waals surface area contributed by atoms with Crippen molar-refractivity contribution >= 4 is 0 Å². The van der Waals surface area contributed by atoms with Crippen LogP contribution in [0.2, 0.25) is 0 Å². The molecule has 17 heavy (non-hydrogen) atoms. The molecule has 2 aliphatic rings. The van der Waals surface area contributed by atoms with E-state index in [-0.39, 0.29) is 11.1 Å². The standard InChI is InChI=1S/C14H26N2O/c1-13(2)10-12(11-14(3,4)16(13)17)15-8-6-5-7-9-15/h10,17H,5-9,11H2,1-4H3. The number of likely N-dealkylation sites (tertiary alicyclic amines) is 1. The topological polar surface area (TPSA) is 26.7 Å². The molecule has 0 spiro atoms. The second-order valence-corrected chi connectivity index (χ2v) is 6.64. The minimum absolute atomic E-state index is 0.176. The van der Waals surface area contributed by atoms with Crippen molar-refractivity contribution in [3.63, 3.8) is 0 Å². The van der Waals surface area contributed by atoms with E-state index >= 15 is 0 Å². The Balaban J connectivity index is 2.22. The van der Waals surface area contributed by atoms with Gasteiger partial charge in [0.25, 0.3) is 0 Å². The van der Waals surface area contributed by atoms with Gasteiger partial charge in [-0.25, -0.2) is 0 Å². The van der Waals surface area contributed by atoms with Gasteiger partial charge in [0.2, 0.25) is 0 Å². The Morgan fingerprint density at radius 3 is 2.18 bits per heavy atom. The van der Waals surface area contributed by atoms with Crippen molar-refractivity contribution in [2.45, 2.75) is 64.5 Å². The van der Waals surface area contributed by atoms with Crippen molar-refractivity contribution in [1.82, 2.24) is 9.96 Å². The van der Waals surface area contributed by atoms with Gasteiger partial charge in [0, 0.05) is 30.7 Å². The Kier molecular flexibility index (Phi) is 3.25. The predicted molar refractivity (Wildman–Crippen MR) is 69.9 cm³/mol. The van der Waals surface area contributed by atoms with Crippen molar-refractivity contribution < 1.29 is 5.21 Å². The van der Waals surface area contributed by atoms with E-state index in [4.69, 9.17) is 0 Å². The average molecular weight is 238 g/mol. The van der Waals surface area contributed by atoms with Crippen molar-refractivity contribution in [2.24, 2.45) is 0 Å². The molecule has 0 aliphatic carbocycles. The molecule has 0 aromatic carbocycles. The van der Waals surface area contributed by atoms with Gasteiger partial charge in [0.15, 0.2) is 0 Å². The third kappa shape index (κ3) is 2.50. The second-order valence-electron chi connectivity index (χ2n) is 6.64. The number of rotatable bonds is 1. The second kappa shape index (κ2) is 4.29. The third-order valence-electron chi connectivity index (χ3n) is 4.02. The lowest BCUT2D eigenvalue weighted by atomic mass is 9.85. The van der Waals surface area contributed by atoms with Gasteiger partial charge in [-0.2, -0.15) is 5.06 Å². The molecule has 0 atom stereocenters. The zero-order valence-corrected chi connectivity index (χ0v) is 11.7. The minimum atomic E-state index is -0.269. The number of nitrogens with zero attached hydrogens (tertiary/aromatic N) is 2. The summed E-state index contributed by atoms with van der Waals surface area (Å²) in [6, 6.07) is 0. The highest BCUT2D eigenvalue weighted by Gasteiger charge is 2.41. The molecular weight excluding hydrogens is 212 g/mol. The first-order valence-electron chi connectivity index (χ1n) is 6.79. The fourth-order valence-corrected chi connectivity index (χ4v) is 3.20. The van der Waals surface area contributed by atoms with Crippen LogP contribution in [0.15, 0.2) is 11.8 Å². The SMILES string of the molecule is CC1(C)C=C(N2CCCCC2)CC(C)(C)N1O. The molecule has 98 valence electrons. The zero-order valence-electron chi connectivity index (χ0n) is 11.7. The molecule has 0 aromatic rings.